The Kier molecular flexibility index (Phi) is 2.11. The molecular formula is C11H9NOS2. The van der Waals surface area contributed by atoms with E-state index in [0.29, 0.717) is 6.42 Å². The standard InChI is InChI=1S/C11H9NOS2/c13-10-5-8(7-1-3-14-6-7)11-9(12-10)2-4-15-11/h1-4,6,8H,5H2,(H,12,13)/t8-/m0/s1. The van der Waals surface area contributed by atoms with Crippen molar-refractivity contribution in [2.24, 2.45) is 0 Å². The molecule has 0 spiro atoms. The molecule has 2 nitrogen and oxygen atoms in total. The molecule has 1 aliphatic heterocycles. The summed E-state index contributed by atoms with van der Waals surface area (Å²) in [5.74, 6) is 0.386. The zero-order chi connectivity index (χ0) is 10.3. The molecule has 0 aromatic carbocycles. The van der Waals surface area contributed by atoms with Crippen LogP contribution in [-0.2, 0) is 4.79 Å². The van der Waals surface area contributed by atoms with Crippen LogP contribution in [0.3, 0.4) is 0 Å². The number of thiophene rings is 2. The van der Waals surface area contributed by atoms with Crippen molar-refractivity contribution in [1.82, 2.24) is 0 Å². The zero-order valence-corrected chi connectivity index (χ0v) is 9.53. The van der Waals surface area contributed by atoms with Gasteiger partial charge < -0.3 is 5.32 Å². The largest absolute Gasteiger partial charge is 0.325 e. The molecule has 0 unspecified atom stereocenters. The molecule has 4 heteroatoms. The van der Waals surface area contributed by atoms with Gasteiger partial charge in [-0.1, -0.05) is 0 Å². The van der Waals surface area contributed by atoms with E-state index in [1.54, 1.807) is 22.7 Å². The summed E-state index contributed by atoms with van der Waals surface area (Å²) in [6.45, 7) is 0. The van der Waals surface area contributed by atoms with E-state index in [2.05, 4.69) is 22.1 Å². The summed E-state index contributed by atoms with van der Waals surface area (Å²) in [4.78, 5) is 12.8. The van der Waals surface area contributed by atoms with E-state index in [4.69, 9.17) is 0 Å². The third-order valence-corrected chi connectivity index (χ3v) is 4.35. The van der Waals surface area contributed by atoms with Crippen LogP contribution in [0.5, 0.6) is 0 Å². The van der Waals surface area contributed by atoms with Gasteiger partial charge in [0.05, 0.1) is 5.69 Å². The van der Waals surface area contributed by atoms with Gasteiger partial charge in [-0.2, -0.15) is 11.3 Å². The molecule has 0 saturated heterocycles. The molecule has 76 valence electrons. The number of rotatable bonds is 1. The van der Waals surface area contributed by atoms with Crippen LogP contribution in [0.15, 0.2) is 28.3 Å². The zero-order valence-electron chi connectivity index (χ0n) is 7.90. The van der Waals surface area contributed by atoms with Gasteiger partial charge in [-0.25, -0.2) is 0 Å². The van der Waals surface area contributed by atoms with Crippen molar-refractivity contribution in [2.45, 2.75) is 12.3 Å². The van der Waals surface area contributed by atoms with Crippen molar-refractivity contribution in [1.29, 1.82) is 0 Å². The second-order valence-electron chi connectivity index (χ2n) is 3.56. The third kappa shape index (κ3) is 1.50. The second kappa shape index (κ2) is 3.47. The van der Waals surface area contributed by atoms with E-state index >= 15 is 0 Å². The van der Waals surface area contributed by atoms with Crippen LogP contribution >= 0.6 is 22.7 Å². The number of carbonyl (C=O) groups excluding carboxylic acids is 1. The minimum atomic E-state index is 0.122. The fraction of sp³-hybridized carbons (Fsp3) is 0.182. The van der Waals surface area contributed by atoms with Crippen LogP contribution in [0.1, 0.15) is 22.8 Å². The van der Waals surface area contributed by atoms with Crippen molar-refractivity contribution >= 4 is 34.3 Å². The molecule has 0 bridgehead atoms. The predicted octanol–water partition coefficient (Wildman–Crippen LogP) is 3.28. The van der Waals surface area contributed by atoms with Crippen LogP contribution in [0.4, 0.5) is 5.69 Å². The molecule has 1 aliphatic rings. The summed E-state index contributed by atoms with van der Waals surface area (Å²) in [6.07, 6.45) is 0.574. The summed E-state index contributed by atoms with van der Waals surface area (Å²) < 4.78 is 0. The molecule has 1 amide bonds. The van der Waals surface area contributed by atoms with E-state index in [9.17, 15) is 4.79 Å². The average Bonchev–Trinajstić information content (AvgIpc) is 2.86. The van der Waals surface area contributed by atoms with Crippen LogP contribution < -0.4 is 5.32 Å². The predicted molar refractivity (Wildman–Crippen MR) is 63.7 cm³/mol. The van der Waals surface area contributed by atoms with E-state index in [0.717, 1.165) is 5.69 Å². The summed E-state index contributed by atoms with van der Waals surface area (Å²) in [5.41, 5.74) is 2.26. The Hall–Kier alpha value is -1.13. The smallest absolute Gasteiger partial charge is 0.225 e. The van der Waals surface area contributed by atoms with E-state index in [-0.39, 0.29) is 11.8 Å². The number of amides is 1. The number of carbonyl (C=O) groups is 1. The van der Waals surface area contributed by atoms with Crippen molar-refractivity contribution in [3.8, 4) is 0 Å². The lowest BCUT2D eigenvalue weighted by molar-refractivity contribution is -0.116. The summed E-state index contributed by atoms with van der Waals surface area (Å²) in [6, 6.07) is 4.09. The number of nitrogens with one attached hydrogen (secondary N) is 1. The van der Waals surface area contributed by atoms with Gasteiger partial charge in [-0.15, -0.1) is 11.3 Å². The van der Waals surface area contributed by atoms with Crippen LogP contribution in [0, 0.1) is 0 Å². The Morgan fingerprint density at radius 1 is 1.33 bits per heavy atom. The molecule has 1 N–H and O–H groups in total. The highest BCUT2D eigenvalue weighted by atomic mass is 32.1. The molecule has 15 heavy (non-hydrogen) atoms. The van der Waals surface area contributed by atoms with Gasteiger partial charge in [-0.05, 0) is 33.8 Å². The van der Waals surface area contributed by atoms with E-state index in [1.807, 2.05) is 11.4 Å². The highest BCUT2D eigenvalue weighted by molar-refractivity contribution is 7.10. The number of anilines is 1. The lowest BCUT2D eigenvalue weighted by atomic mass is 9.93. The maximum Gasteiger partial charge on any atom is 0.225 e. The first-order chi connectivity index (χ1) is 7.34. The number of fused-ring (bicyclic) bond motifs is 1. The van der Waals surface area contributed by atoms with Crippen molar-refractivity contribution in [2.75, 3.05) is 5.32 Å². The molecule has 0 aliphatic carbocycles. The molecule has 2 aromatic heterocycles. The Balaban J connectivity index is 2.08. The lowest BCUT2D eigenvalue weighted by Gasteiger charge is -2.21. The van der Waals surface area contributed by atoms with Gasteiger partial charge in [-0.3, -0.25) is 4.79 Å². The van der Waals surface area contributed by atoms with Crippen LogP contribution in [0.25, 0.3) is 0 Å². The fourth-order valence-electron chi connectivity index (χ4n) is 1.92. The minimum Gasteiger partial charge on any atom is -0.325 e. The first-order valence-electron chi connectivity index (χ1n) is 4.74. The van der Waals surface area contributed by atoms with E-state index < -0.39 is 0 Å². The van der Waals surface area contributed by atoms with E-state index in [1.165, 1.54) is 10.4 Å². The van der Waals surface area contributed by atoms with Gasteiger partial charge in [0.1, 0.15) is 0 Å². The van der Waals surface area contributed by atoms with Crippen molar-refractivity contribution < 1.29 is 4.79 Å². The Morgan fingerprint density at radius 3 is 3.07 bits per heavy atom. The average molecular weight is 235 g/mol. The van der Waals surface area contributed by atoms with Gasteiger partial charge in [0.2, 0.25) is 5.91 Å². The molecular weight excluding hydrogens is 226 g/mol. The highest BCUT2D eigenvalue weighted by Gasteiger charge is 2.27. The third-order valence-electron chi connectivity index (χ3n) is 2.62. The SMILES string of the molecule is O=C1C[C@@H](c2ccsc2)c2sccc2N1. The Morgan fingerprint density at radius 2 is 2.27 bits per heavy atom. The van der Waals surface area contributed by atoms with Gasteiger partial charge in [0.15, 0.2) is 0 Å². The minimum absolute atomic E-state index is 0.122. The Bertz CT molecular complexity index is 486. The van der Waals surface area contributed by atoms with Crippen LogP contribution in [0.2, 0.25) is 0 Å². The fourth-order valence-corrected chi connectivity index (χ4v) is 3.61. The monoisotopic (exact) mass is 235 g/mol. The molecule has 0 radical (unpaired) electrons. The Labute approximate surface area is 95.6 Å². The summed E-state index contributed by atoms with van der Waals surface area (Å²) in [5, 5.41) is 9.14. The molecule has 0 fully saturated rings. The normalized spacial score (nSPS) is 19.7. The van der Waals surface area contributed by atoms with Gasteiger partial charge in [0.25, 0.3) is 0 Å². The highest BCUT2D eigenvalue weighted by Crippen LogP contribution is 2.40. The molecule has 1 atom stereocenters. The maximum atomic E-state index is 11.5. The first kappa shape index (κ1) is 9.12. The lowest BCUT2D eigenvalue weighted by Crippen LogP contribution is -2.21. The quantitative estimate of drug-likeness (QED) is 0.807. The van der Waals surface area contributed by atoms with Crippen molar-refractivity contribution in [3.63, 3.8) is 0 Å². The maximum absolute atomic E-state index is 11.5. The summed E-state index contributed by atoms with van der Waals surface area (Å²) >= 11 is 3.41. The second-order valence-corrected chi connectivity index (χ2v) is 5.29. The number of hydrogen-bond acceptors (Lipinski definition) is 3. The number of hydrogen-bond donors (Lipinski definition) is 1. The van der Waals surface area contributed by atoms with Crippen molar-refractivity contribution in [3.05, 3.63) is 38.7 Å². The topological polar surface area (TPSA) is 29.1 Å². The molecule has 0 saturated carbocycles. The van der Waals surface area contributed by atoms with Crippen LogP contribution in [-0.4, -0.2) is 5.91 Å². The van der Waals surface area contributed by atoms with Gasteiger partial charge >= 0.3 is 0 Å². The molecule has 3 rings (SSSR count). The molecule has 2 aromatic rings. The summed E-state index contributed by atoms with van der Waals surface area (Å²) in [7, 11) is 0. The first-order valence-corrected chi connectivity index (χ1v) is 6.56. The van der Waals surface area contributed by atoms with Gasteiger partial charge in [0, 0.05) is 17.2 Å². The molecule has 3 heterocycles.